The van der Waals surface area contributed by atoms with Crippen LogP contribution in [0.15, 0.2) is 28.8 Å². The maximum Gasteiger partial charge on any atom is 0.337 e. The highest BCUT2D eigenvalue weighted by Gasteiger charge is 2.16. The fourth-order valence-electron chi connectivity index (χ4n) is 2.08. The Labute approximate surface area is 141 Å². The molecule has 1 aromatic heterocycles. The molecule has 0 unspecified atom stereocenters. The molecule has 7 nitrogen and oxygen atoms in total. The number of ether oxygens (including phenoxy) is 1. The first-order valence-electron chi connectivity index (χ1n) is 7.71. The number of nitrogens with zero attached hydrogens (tertiary/aromatic N) is 3. The lowest BCUT2D eigenvalue weighted by Gasteiger charge is -2.21. The van der Waals surface area contributed by atoms with Crippen LogP contribution in [0.4, 0.5) is 0 Å². The number of rotatable bonds is 7. The molecule has 1 N–H and O–H groups in total. The second kappa shape index (κ2) is 7.55. The molecule has 0 radical (unpaired) electrons. The van der Waals surface area contributed by atoms with Gasteiger partial charge >= 0.3 is 5.97 Å². The monoisotopic (exact) mass is 333 g/mol. The van der Waals surface area contributed by atoms with Crippen molar-refractivity contribution < 1.29 is 19.2 Å². The molecule has 130 valence electrons. The number of carbonyl (C=O) groups is 1. The quantitative estimate of drug-likeness (QED) is 0.776. The number of esters is 1. The molecule has 0 aliphatic rings. The van der Waals surface area contributed by atoms with E-state index in [0.717, 1.165) is 12.1 Å². The molecule has 0 bridgehead atoms. The van der Waals surface area contributed by atoms with Crippen molar-refractivity contribution >= 4 is 5.97 Å². The second-order valence-corrected chi connectivity index (χ2v) is 6.38. The Morgan fingerprint density at radius 1 is 1.33 bits per heavy atom. The predicted octanol–water partition coefficient (Wildman–Crippen LogP) is 2.12. The van der Waals surface area contributed by atoms with Gasteiger partial charge in [-0.05, 0) is 39.4 Å². The van der Waals surface area contributed by atoms with E-state index < -0.39 is 5.60 Å². The number of carbonyl (C=O) groups excluding carboxylic acids is 1. The SMILES string of the molecule is COC(=O)c1ccc(-c2noc(CN(C)CCC(C)(C)O)n2)cc1. The molecule has 24 heavy (non-hydrogen) atoms. The molecule has 2 aromatic rings. The molecule has 0 fully saturated rings. The highest BCUT2D eigenvalue weighted by molar-refractivity contribution is 5.89. The molecule has 0 saturated carbocycles. The maximum absolute atomic E-state index is 11.4. The van der Waals surface area contributed by atoms with E-state index in [-0.39, 0.29) is 5.97 Å². The van der Waals surface area contributed by atoms with Gasteiger partial charge < -0.3 is 14.4 Å². The zero-order chi connectivity index (χ0) is 17.7. The van der Waals surface area contributed by atoms with Crippen LogP contribution in [0.1, 0.15) is 36.5 Å². The van der Waals surface area contributed by atoms with Crippen LogP contribution in [0.2, 0.25) is 0 Å². The van der Waals surface area contributed by atoms with Crippen molar-refractivity contribution in [1.29, 1.82) is 0 Å². The summed E-state index contributed by atoms with van der Waals surface area (Å²) in [5, 5.41) is 13.7. The first kappa shape index (κ1) is 18.1. The van der Waals surface area contributed by atoms with Crippen molar-refractivity contribution in [2.24, 2.45) is 0 Å². The number of benzene rings is 1. The molecule has 7 heteroatoms. The molecule has 1 heterocycles. The van der Waals surface area contributed by atoms with Gasteiger partial charge in [0.1, 0.15) is 0 Å². The van der Waals surface area contributed by atoms with Crippen LogP contribution in [0, 0.1) is 0 Å². The summed E-state index contributed by atoms with van der Waals surface area (Å²) < 4.78 is 9.93. The molecule has 0 atom stereocenters. The van der Waals surface area contributed by atoms with E-state index in [1.807, 2.05) is 11.9 Å². The van der Waals surface area contributed by atoms with Crippen molar-refractivity contribution in [3.05, 3.63) is 35.7 Å². The Morgan fingerprint density at radius 3 is 2.58 bits per heavy atom. The van der Waals surface area contributed by atoms with Gasteiger partial charge in [0.05, 0.1) is 24.8 Å². The minimum atomic E-state index is -0.699. The van der Waals surface area contributed by atoms with E-state index in [2.05, 4.69) is 14.9 Å². The Hall–Kier alpha value is -2.25. The lowest BCUT2D eigenvalue weighted by atomic mass is 10.1. The molecule has 0 saturated heterocycles. The molecule has 2 rings (SSSR count). The van der Waals surface area contributed by atoms with Gasteiger partial charge in [-0.15, -0.1) is 0 Å². The summed E-state index contributed by atoms with van der Waals surface area (Å²) >= 11 is 0. The van der Waals surface area contributed by atoms with Crippen LogP contribution in [0.25, 0.3) is 11.4 Å². The highest BCUT2D eigenvalue weighted by Crippen LogP contribution is 2.18. The molecular formula is C17H23N3O4. The third-order valence-corrected chi connectivity index (χ3v) is 3.54. The van der Waals surface area contributed by atoms with Gasteiger partial charge in [-0.25, -0.2) is 4.79 Å². The van der Waals surface area contributed by atoms with Crippen LogP contribution in [0.3, 0.4) is 0 Å². The summed E-state index contributed by atoms with van der Waals surface area (Å²) in [5.41, 5.74) is 0.531. The first-order valence-corrected chi connectivity index (χ1v) is 7.71. The minimum Gasteiger partial charge on any atom is -0.465 e. The van der Waals surface area contributed by atoms with Gasteiger partial charge in [-0.3, -0.25) is 4.90 Å². The van der Waals surface area contributed by atoms with Crippen LogP contribution in [-0.2, 0) is 11.3 Å². The highest BCUT2D eigenvalue weighted by atomic mass is 16.5. The van der Waals surface area contributed by atoms with Gasteiger partial charge in [0.25, 0.3) is 0 Å². The van der Waals surface area contributed by atoms with Gasteiger partial charge in [0.15, 0.2) is 0 Å². The third kappa shape index (κ3) is 5.14. The predicted molar refractivity (Wildman–Crippen MR) is 88.3 cm³/mol. The van der Waals surface area contributed by atoms with Crippen LogP contribution in [-0.4, -0.2) is 52.4 Å². The van der Waals surface area contributed by atoms with E-state index in [1.54, 1.807) is 38.1 Å². The second-order valence-electron chi connectivity index (χ2n) is 6.38. The summed E-state index contributed by atoms with van der Waals surface area (Å²) in [4.78, 5) is 17.8. The van der Waals surface area contributed by atoms with Crippen molar-refractivity contribution in [2.45, 2.75) is 32.4 Å². The summed E-state index contributed by atoms with van der Waals surface area (Å²) in [7, 11) is 3.27. The van der Waals surface area contributed by atoms with E-state index in [1.165, 1.54) is 7.11 Å². The molecule has 1 aromatic carbocycles. The third-order valence-electron chi connectivity index (χ3n) is 3.54. The topological polar surface area (TPSA) is 88.7 Å². The summed E-state index contributed by atoms with van der Waals surface area (Å²) in [6.07, 6.45) is 0.652. The normalized spacial score (nSPS) is 11.8. The van der Waals surface area contributed by atoms with E-state index in [4.69, 9.17) is 4.52 Å². The molecular weight excluding hydrogens is 310 g/mol. The average molecular weight is 333 g/mol. The standard InChI is InChI=1S/C17H23N3O4/c1-17(2,22)9-10-20(3)11-14-18-15(19-24-14)12-5-7-13(8-6-12)16(21)23-4/h5-8,22H,9-11H2,1-4H3. The number of methoxy groups -OCH3 is 1. The maximum atomic E-state index is 11.4. The van der Waals surface area contributed by atoms with Gasteiger partial charge in [0, 0.05) is 12.1 Å². The zero-order valence-electron chi connectivity index (χ0n) is 14.4. The smallest absolute Gasteiger partial charge is 0.337 e. The van der Waals surface area contributed by atoms with Crippen molar-refractivity contribution in [3.8, 4) is 11.4 Å². The number of hydrogen-bond acceptors (Lipinski definition) is 7. The van der Waals surface area contributed by atoms with Gasteiger partial charge in [-0.1, -0.05) is 17.3 Å². The van der Waals surface area contributed by atoms with E-state index >= 15 is 0 Å². The van der Waals surface area contributed by atoms with Crippen LogP contribution >= 0.6 is 0 Å². The van der Waals surface area contributed by atoms with Gasteiger partial charge in [0.2, 0.25) is 11.7 Å². The minimum absolute atomic E-state index is 0.385. The van der Waals surface area contributed by atoms with E-state index in [9.17, 15) is 9.90 Å². The molecule has 0 spiro atoms. The Kier molecular flexibility index (Phi) is 5.69. The van der Waals surface area contributed by atoms with Crippen LogP contribution < -0.4 is 0 Å². The largest absolute Gasteiger partial charge is 0.465 e. The van der Waals surface area contributed by atoms with Gasteiger partial charge in [-0.2, -0.15) is 4.98 Å². The number of aromatic nitrogens is 2. The fourth-order valence-corrected chi connectivity index (χ4v) is 2.08. The Bertz CT molecular complexity index is 674. The number of aliphatic hydroxyl groups is 1. The summed E-state index contributed by atoms with van der Waals surface area (Å²) in [5.74, 6) is 0.585. The van der Waals surface area contributed by atoms with Crippen molar-refractivity contribution in [1.82, 2.24) is 15.0 Å². The molecule has 0 aliphatic carbocycles. The Morgan fingerprint density at radius 2 is 2.00 bits per heavy atom. The lowest BCUT2D eigenvalue weighted by molar-refractivity contribution is 0.0585. The fraction of sp³-hybridized carbons (Fsp3) is 0.471. The zero-order valence-corrected chi connectivity index (χ0v) is 14.4. The molecule has 0 amide bonds. The summed E-state index contributed by atoms with van der Waals surface area (Å²) in [6, 6.07) is 6.82. The Balaban J connectivity index is 1.98. The lowest BCUT2D eigenvalue weighted by Crippen LogP contribution is -2.28. The van der Waals surface area contributed by atoms with Crippen molar-refractivity contribution in [3.63, 3.8) is 0 Å². The van der Waals surface area contributed by atoms with E-state index in [0.29, 0.717) is 30.2 Å². The molecule has 0 aliphatic heterocycles. The number of hydrogen-bond donors (Lipinski definition) is 1. The van der Waals surface area contributed by atoms with Crippen LogP contribution in [0.5, 0.6) is 0 Å². The first-order chi connectivity index (χ1) is 11.3. The summed E-state index contributed by atoms with van der Waals surface area (Å²) in [6.45, 7) is 4.78. The average Bonchev–Trinajstić information content (AvgIpc) is 3.00. The van der Waals surface area contributed by atoms with Crippen molar-refractivity contribution in [2.75, 3.05) is 20.7 Å².